The number of nitrogens with one attached hydrogen (secondary N) is 2. The second-order valence-corrected chi connectivity index (χ2v) is 4.46. The number of aromatic nitrogens is 1. The monoisotopic (exact) mass is 285 g/mol. The molecule has 108 valence electrons. The molecule has 0 spiro atoms. The topological polar surface area (TPSA) is 91.3 Å². The Hall–Kier alpha value is -2.89. The van der Waals surface area contributed by atoms with Crippen LogP contribution >= 0.6 is 0 Å². The van der Waals surface area contributed by atoms with Crippen molar-refractivity contribution in [3.05, 3.63) is 59.4 Å². The minimum Gasteiger partial charge on any atom is -0.478 e. The van der Waals surface area contributed by atoms with E-state index in [1.54, 1.807) is 12.1 Å². The highest BCUT2D eigenvalue weighted by atomic mass is 16.4. The van der Waals surface area contributed by atoms with Crippen LogP contribution in [0.1, 0.15) is 21.7 Å². The van der Waals surface area contributed by atoms with Crippen LogP contribution in [0, 0.1) is 6.92 Å². The lowest BCUT2D eigenvalue weighted by Crippen LogP contribution is -2.28. The number of carboxylic acids is 1. The molecule has 2 aromatic rings. The Morgan fingerprint density at radius 3 is 2.67 bits per heavy atom. The van der Waals surface area contributed by atoms with Gasteiger partial charge in [0, 0.05) is 11.4 Å². The van der Waals surface area contributed by atoms with Gasteiger partial charge in [-0.15, -0.1) is 0 Å². The first kappa shape index (κ1) is 14.5. The highest BCUT2D eigenvalue weighted by molar-refractivity contribution is 5.93. The number of carbonyl (C=O) groups excluding carboxylic acids is 1. The quantitative estimate of drug-likeness (QED) is 0.804. The lowest BCUT2D eigenvalue weighted by atomic mass is 10.2. The van der Waals surface area contributed by atoms with Crippen molar-refractivity contribution in [3.63, 3.8) is 0 Å². The molecule has 0 saturated carbocycles. The summed E-state index contributed by atoms with van der Waals surface area (Å²) in [5, 5.41) is 14.1. The minimum atomic E-state index is -1.04. The molecule has 0 fully saturated rings. The predicted molar refractivity (Wildman–Crippen MR) is 78.2 cm³/mol. The average molecular weight is 285 g/mol. The zero-order valence-corrected chi connectivity index (χ0v) is 11.5. The number of hydrogen-bond donors (Lipinski definition) is 3. The summed E-state index contributed by atoms with van der Waals surface area (Å²) in [5.74, 6) is -1.04. The van der Waals surface area contributed by atoms with Crippen LogP contribution in [0.2, 0.25) is 0 Å². The Labute approximate surface area is 121 Å². The first-order valence-corrected chi connectivity index (χ1v) is 6.35. The van der Waals surface area contributed by atoms with Crippen molar-refractivity contribution >= 4 is 17.7 Å². The van der Waals surface area contributed by atoms with E-state index in [9.17, 15) is 9.59 Å². The van der Waals surface area contributed by atoms with Crippen LogP contribution in [0.3, 0.4) is 0 Å². The van der Waals surface area contributed by atoms with E-state index in [-0.39, 0.29) is 5.56 Å². The fourth-order valence-electron chi connectivity index (χ4n) is 1.77. The molecule has 0 aliphatic heterocycles. The second-order valence-electron chi connectivity index (χ2n) is 4.46. The Morgan fingerprint density at radius 1 is 1.19 bits per heavy atom. The van der Waals surface area contributed by atoms with E-state index in [1.807, 2.05) is 25.1 Å². The van der Waals surface area contributed by atoms with Crippen molar-refractivity contribution < 1.29 is 14.7 Å². The van der Waals surface area contributed by atoms with E-state index in [4.69, 9.17) is 5.11 Å². The molecule has 2 amide bonds. The van der Waals surface area contributed by atoms with Gasteiger partial charge in [-0.25, -0.2) is 9.59 Å². The van der Waals surface area contributed by atoms with Gasteiger partial charge in [0.15, 0.2) is 0 Å². The van der Waals surface area contributed by atoms with E-state index in [2.05, 4.69) is 15.6 Å². The molecule has 2 rings (SSSR count). The van der Waals surface area contributed by atoms with Crippen molar-refractivity contribution in [2.45, 2.75) is 13.5 Å². The number of urea groups is 1. The molecule has 6 nitrogen and oxygen atoms in total. The number of benzene rings is 1. The molecule has 0 bridgehead atoms. The van der Waals surface area contributed by atoms with E-state index in [0.717, 1.165) is 11.4 Å². The summed E-state index contributed by atoms with van der Waals surface area (Å²) in [4.78, 5) is 26.9. The number of amides is 2. The molecule has 1 aromatic carbocycles. The van der Waals surface area contributed by atoms with Gasteiger partial charge >= 0.3 is 12.0 Å². The minimum absolute atomic E-state index is 0.119. The first-order valence-electron chi connectivity index (χ1n) is 6.35. The Balaban J connectivity index is 1.93. The van der Waals surface area contributed by atoms with Gasteiger partial charge < -0.3 is 15.7 Å². The summed E-state index contributed by atoms with van der Waals surface area (Å²) in [7, 11) is 0. The van der Waals surface area contributed by atoms with Gasteiger partial charge in [-0.2, -0.15) is 0 Å². The summed E-state index contributed by atoms with van der Waals surface area (Å²) in [6.45, 7) is 2.17. The zero-order chi connectivity index (χ0) is 15.2. The van der Waals surface area contributed by atoms with Gasteiger partial charge in [-0.1, -0.05) is 12.1 Å². The van der Waals surface area contributed by atoms with Crippen LogP contribution in [0.25, 0.3) is 0 Å². The van der Waals surface area contributed by atoms with Gasteiger partial charge in [-0.3, -0.25) is 4.98 Å². The third-order valence-corrected chi connectivity index (χ3v) is 2.74. The molecule has 6 heteroatoms. The Morgan fingerprint density at radius 2 is 1.95 bits per heavy atom. The molecule has 21 heavy (non-hydrogen) atoms. The molecule has 3 N–H and O–H groups in total. The van der Waals surface area contributed by atoms with Crippen LogP contribution < -0.4 is 10.6 Å². The lowest BCUT2D eigenvalue weighted by Gasteiger charge is -2.08. The average Bonchev–Trinajstić information content (AvgIpc) is 2.45. The van der Waals surface area contributed by atoms with E-state index >= 15 is 0 Å². The number of carboxylic acid groups (broad SMARTS) is 1. The second kappa shape index (κ2) is 6.51. The fraction of sp³-hybridized carbons (Fsp3) is 0.133. The third-order valence-electron chi connectivity index (χ3n) is 2.74. The number of rotatable bonds is 4. The van der Waals surface area contributed by atoms with Crippen LogP contribution in [0.4, 0.5) is 10.5 Å². The number of anilines is 1. The van der Waals surface area contributed by atoms with Gasteiger partial charge in [-0.05, 0) is 37.3 Å². The summed E-state index contributed by atoms with van der Waals surface area (Å²) >= 11 is 0. The maximum atomic E-state index is 11.8. The van der Waals surface area contributed by atoms with Crippen LogP contribution in [-0.4, -0.2) is 22.1 Å². The van der Waals surface area contributed by atoms with E-state index in [0.29, 0.717) is 12.2 Å². The normalized spacial score (nSPS) is 9.95. The summed E-state index contributed by atoms with van der Waals surface area (Å²) in [6.07, 6.45) is 0. The van der Waals surface area contributed by atoms with Gasteiger partial charge in [0.2, 0.25) is 0 Å². The van der Waals surface area contributed by atoms with Crippen LogP contribution in [0.15, 0.2) is 42.5 Å². The molecule has 0 atom stereocenters. The number of hydrogen-bond acceptors (Lipinski definition) is 3. The molecule has 0 aliphatic rings. The number of nitrogens with zero attached hydrogens (tertiary/aromatic N) is 1. The van der Waals surface area contributed by atoms with E-state index in [1.165, 1.54) is 12.1 Å². The van der Waals surface area contributed by atoms with Crippen molar-refractivity contribution in [2.75, 3.05) is 5.32 Å². The highest BCUT2D eigenvalue weighted by Gasteiger charge is 2.06. The van der Waals surface area contributed by atoms with Crippen molar-refractivity contribution in [2.24, 2.45) is 0 Å². The smallest absolute Gasteiger partial charge is 0.335 e. The van der Waals surface area contributed by atoms with Crippen molar-refractivity contribution in [1.82, 2.24) is 10.3 Å². The molecule has 1 aromatic heterocycles. The van der Waals surface area contributed by atoms with Crippen molar-refractivity contribution in [1.29, 1.82) is 0 Å². The SMILES string of the molecule is Cc1cccc(CNC(=O)Nc2cccc(C(=O)O)c2)n1. The first-order chi connectivity index (χ1) is 10.0. The summed E-state index contributed by atoms with van der Waals surface area (Å²) < 4.78 is 0. The zero-order valence-electron chi connectivity index (χ0n) is 11.5. The number of carbonyl (C=O) groups is 2. The molecule has 0 saturated heterocycles. The number of aromatic carboxylic acids is 1. The molecule has 0 radical (unpaired) electrons. The number of pyridine rings is 1. The Kier molecular flexibility index (Phi) is 4.50. The fourth-order valence-corrected chi connectivity index (χ4v) is 1.77. The van der Waals surface area contributed by atoms with E-state index < -0.39 is 12.0 Å². The van der Waals surface area contributed by atoms with Crippen molar-refractivity contribution in [3.8, 4) is 0 Å². The van der Waals surface area contributed by atoms with Crippen LogP contribution in [-0.2, 0) is 6.54 Å². The summed E-state index contributed by atoms with van der Waals surface area (Å²) in [5.41, 5.74) is 2.17. The van der Waals surface area contributed by atoms with Gasteiger partial charge in [0.25, 0.3) is 0 Å². The van der Waals surface area contributed by atoms with Crippen LogP contribution in [0.5, 0.6) is 0 Å². The van der Waals surface area contributed by atoms with Gasteiger partial charge in [0.05, 0.1) is 17.8 Å². The summed E-state index contributed by atoms with van der Waals surface area (Å²) in [6, 6.07) is 11.2. The lowest BCUT2D eigenvalue weighted by molar-refractivity contribution is 0.0697. The Bertz CT molecular complexity index is 671. The third kappa shape index (κ3) is 4.31. The maximum Gasteiger partial charge on any atom is 0.335 e. The molecular formula is C15H15N3O3. The number of aryl methyl sites for hydroxylation is 1. The molecule has 0 aliphatic carbocycles. The standard InChI is InChI=1S/C15H15N3O3/c1-10-4-2-7-13(17-10)9-16-15(21)18-12-6-3-5-11(8-12)14(19)20/h2-8H,9H2,1H3,(H,19,20)(H2,16,18,21). The largest absolute Gasteiger partial charge is 0.478 e. The molecule has 1 heterocycles. The predicted octanol–water partition coefficient (Wildman–Crippen LogP) is 2.41. The highest BCUT2D eigenvalue weighted by Crippen LogP contribution is 2.10. The maximum absolute atomic E-state index is 11.8. The molecular weight excluding hydrogens is 270 g/mol. The molecule has 0 unspecified atom stereocenters. The van der Waals surface area contributed by atoms with Gasteiger partial charge in [0.1, 0.15) is 0 Å².